The fraction of sp³-hybridized carbons (Fsp3) is 0.0342. The van der Waals surface area contributed by atoms with Gasteiger partial charge in [0.05, 0.1) is 79.6 Å². The number of nitrogens with zero attached hydrogens (tertiary/aromatic N) is 4. The number of hydrogen-bond donors (Lipinski definition) is 3. The Morgan fingerprint density at radius 3 is 1.49 bits per heavy atom. The number of carbonyl (C=O) groups excluding carboxylic acids is 6. The van der Waals surface area contributed by atoms with Crippen molar-refractivity contribution in [1.29, 1.82) is 5.41 Å². The van der Waals surface area contributed by atoms with Crippen molar-refractivity contribution in [2.45, 2.75) is 19.4 Å². The summed E-state index contributed by atoms with van der Waals surface area (Å²) in [6, 6.07) is 107. The largest absolute Gasteiger partial charge is 0.464 e. The van der Waals surface area contributed by atoms with Gasteiger partial charge in [-0.1, -0.05) is 237 Å². The van der Waals surface area contributed by atoms with Crippen LogP contribution >= 0.6 is 11.3 Å². The molecule has 17 aromatic carbocycles. The quantitative estimate of drug-likeness (QED) is 0.0417. The third kappa shape index (κ3) is 17.7. The minimum atomic E-state index is -0.555. The number of imide groups is 1. The molecule has 22 nitrogen and oxygen atoms in total. The zero-order valence-corrected chi connectivity index (χ0v) is 74.9. The van der Waals surface area contributed by atoms with Crippen LogP contribution in [0.5, 0.6) is 6.01 Å². The predicted molar refractivity (Wildman–Crippen MR) is 550 cm³/mol. The maximum absolute atomic E-state index is 11.9. The van der Waals surface area contributed by atoms with Crippen LogP contribution < -0.4 is 32.4 Å². The zero-order valence-electron chi connectivity index (χ0n) is 74.1. The molecule has 0 spiro atoms. The molecule has 23 heteroatoms. The number of aromatic nitrogens is 3. The van der Waals surface area contributed by atoms with Gasteiger partial charge in [-0.2, -0.15) is 4.98 Å². The number of amidine groups is 2. The van der Waals surface area contributed by atoms with Crippen molar-refractivity contribution in [3.8, 4) is 6.01 Å². The van der Waals surface area contributed by atoms with Crippen LogP contribution in [-0.2, 0) is 24.1 Å². The summed E-state index contributed by atoms with van der Waals surface area (Å²) >= 11 is 1.69. The molecule has 10 heterocycles. The molecule has 0 saturated heterocycles. The third-order valence-electron chi connectivity index (χ3n) is 24.7. The van der Waals surface area contributed by atoms with Crippen LogP contribution in [0.2, 0.25) is 0 Å². The highest BCUT2D eigenvalue weighted by atomic mass is 32.1. The van der Waals surface area contributed by atoms with Gasteiger partial charge >= 0.3 is 17.6 Å². The van der Waals surface area contributed by atoms with Crippen molar-refractivity contribution < 1.29 is 55.9 Å². The maximum Gasteiger partial charge on any atom is 0.346 e. The Hall–Kier alpha value is -18.9. The molecule has 0 atom stereocenters. The molecule has 0 saturated carbocycles. The Morgan fingerprint density at radius 1 is 0.371 bits per heavy atom. The lowest BCUT2D eigenvalue weighted by atomic mass is 9.93. The van der Waals surface area contributed by atoms with Crippen molar-refractivity contribution in [3.63, 3.8) is 0 Å². The summed E-state index contributed by atoms with van der Waals surface area (Å²) in [6.07, 6.45) is 15.7. The molecule has 0 radical (unpaired) electrons. The van der Waals surface area contributed by atoms with E-state index in [0.29, 0.717) is 85.8 Å². The van der Waals surface area contributed by atoms with E-state index in [-0.39, 0.29) is 45.8 Å². The number of hydrogen-bond acceptors (Lipinski definition) is 20. The molecule has 2 amide bonds. The van der Waals surface area contributed by atoms with E-state index < -0.39 is 11.9 Å². The number of nitrogens with two attached hydrogens (primary N) is 1. The summed E-state index contributed by atoms with van der Waals surface area (Å²) in [6.45, 7) is 1.14. The molecule has 7 aliphatic rings. The van der Waals surface area contributed by atoms with Crippen molar-refractivity contribution in [1.82, 2.24) is 19.9 Å². The Balaban J connectivity index is 0.0000000924. The lowest BCUT2D eigenvalue weighted by Gasteiger charge is -2.11. The molecule has 0 fully saturated rings. The molecule has 4 aliphatic heterocycles. The van der Waals surface area contributed by atoms with E-state index in [0.717, 1.165) is 99.9 Å². The van der Waals surface area contributed by atoms with Crippen LogP contribution in [0.15, 0.2) is 407 Å². The first kappa shape index (κ1) is 87.8. The summed E-state index contributed by atoms with van der Waals surface area (Å²) in [5, 5.41) is 29.9. The number of fused-ring (bicyclic) bond motifs is 16. The number of ketones is 2. The average Bonchev–Trinajstić information content (AvgIpc) is 1.59. The molecule has 4 N–H and O–H groups in total. The molecule has 674 valence electrons. The van der Waals surface area contributed by atoms with E-state index in [1.54, 1.807) is 107 Å². The van der Waals surface area contributed by atoms with Crippen molar-refractivity contribution in [2.75, 3.05) is 6.61 Å². The van der Waals surface area contributed by atoms with E-state index in [4.69, 9.17) is 33.5 Å². The number of thiazole rings is 1. The number of benzene rings is 17. The summed E-state index contributed by atoms with van der Waals surface area (Å²) < 4.78 is 33.2. The van der Waals surface area contributed by atoms with Crippen LogP contribution in [0.3, 0.4) is 0 Å². The topological polar surface area (TPSA) is 330 Å². The fourth-order valence-electron chi connectivity index (χ4n) is 17.8. The molecule has 3 aliphatic carbocycles. The van der Waals surface area contributed by atoms with Gasteiger partial charge in [0, 0.05) is 68.1 Å². The molecule has 140 heavy (non-hydrogen) atoms. The van der Waals surface area contributed by atoms with E-state index in [1.165, 1.54) is 77.7 Å². The maximum atomic E-state index is 11.9. The molecule has 30 rings (SSSR count). The van der Waals surface area contributed by atoms with Gasteiger partial charge < -0.3 is 32.9 Å². The zero-order chi connectivity index (χ0) is 95.6. The van der Waals surface area contributed by atoms with E-state index in [2.05, 4.69) is 159 Å². The van der Waals surface area contributed by atoms with E-state index >= 15 is 0 Å². The van der Waals surface area contributed by atoms with Crippen molar-refractivity contribution in [3.05, 3.63) is 468 Å². The Morgan fingerprint density at radius 2 is 0.857 bits per heavy atom. The second-order valence-corrected chi connectivity index (χ2v) is 34.2. The number of rotatable bonds is 0. The Bertz CT molecular complexity index is 9060. The normalized spacial score (nSPS) is 13.1. The highest BCUT2D eigenvalue weighted by Gasteiger charge is 2.32. The number of aliphatic imine (C=N–C) groups is 1. The first-order valence-corrected chi connectivity index (χ1v) is 45.5. The summed E-state index contributed by atoms with van der Waals surface area (Å²) in [5.41, 5.74) is 21.7. The lowest BCUT2D eigenvalue weighted by molar-refractivity contribution is 0.0442. The number of ether oxygens (including phenoxy) is 2. The van der Waals surface area contributed by atoms with Gasteiger partial charge in [0.2, 0.25) is 11.6 Å². The number of para-hydroxylation sites is 1. The smallest absolute Gasteiger partial charge is 0.346 e. The first-order chi connectivity index (χ1) is 68.4. The highest BCUT2D eigenvalue weighted by molar-refractivity contribution is 7.16. The second kappa shape index (κ2) is 37.9. The SMILES string of the molecule is C1=Cc2cc3ccccc3cc2C1.C1=Cc2cccc3cccc(c23)C1.N=C1N=C(N)c2cc3ccccc3cc21.O=C1C(=O)c2cccc3cccc1c23.O=C1NC(=O)c2cc3ccccc3cc21.O=C1OC(=O)c2cc3ccccc3cc21.O=c1c2ccccc2nc2n1CCO2.O=c1ccc2cc3ccoc3cc2o1.O=c1ccoc2cc3occc3cc12.c1ccc2cc3scnc3cc2c1. The first-order valence-electron chi connectivity index (χ1n) is 44.7. The summed E-state index contributed by atoms with van der Waals surface area (Å²) in [4.78, 5) is 115. The number of amides is 2. The van der Waals surface area contributed by atoms with Crippen molar-refractivity contribution in [2.24, 2.45) is 10.7 Å². The number of allylic oxidation sites excluding steroid dienone is 2. The minimum Gasteiger partial charge on any atom is -0.464 e. The number of esters is 2. The monoisotopic (exact) mass is 1850 g/mol. The minimum absolute atomic E-state index is 0.0110. The van der Waals surface area contributed by atoms with Crippen molar-refractivity contribution >= 4 is 211 Å². The van der Waals surface area contributed by atoms with Gasteiger partial charge in [-0.25, -0.2) is 24.4 Å². The fourth-order valence-corrected chi connectivity index (χ4v) is 18.5. The average molecular weight is 1850 g/mol. The molecule has 0 bridgehead atoms. The number of nitrogens with one attached hydrogen (secondary N) is 2. The van der Waals surface area contributed by atoms with Crippen LogP contribution in [0.4, 0.5) is 0 Å². The summed E-state index contributed by atoms with van der Waals surface area (Å²) in [5.74, 6) is -1.77. The van der Waals surface area contributed by atoms with Crippen LogP contribution in [0.25, 0.3) is 153 Å². The number of cyclic esters (lactones) is 2. The third-order valence-corrected chi connectivity index (χ3v) is 25.5. The standard InChI is InChI=1S/2C13H10.C12H9N3.C12H7NO2.C12H6O3.C12H6O2.C11H7NS.2C11H6O3.C10H8N2O2/c1-4-10-6-2-8-12-9-3-7-11(5-1)13(10)12;1-2-5-11-9-13-7-3-6-12(13)8-10(11)4-1;13-11-9-5-7-3-1-2-4-8(7)6-10(9)12(14)15-11;14-11-9-5-7-3-1-2-4-8(7)6-10(9)12(15)13-11;13-11-9-5-7-3-1-2-4-8(7)6-10(9)12(14)15-11;13-11-8-5-1-3-7-4-2-6-9(10(7)8)12(11)14;1-2-4-9-6-11-10(12-7-13-11)5-8(9)3-1;12-9-2-4-14-11-6-10-7(1-3-13-10)5-8(9)11;12-11-2-1-7-5-8-3-4-13-9(8)6-10(7)14-11;13-9-7-3-1-2-4-8(7)11-10-12(9)5-6-14-10/h1-8H,9H2;1-6,8-9H,7H2;1-6H,(H3,13,14,15);1-6H,(H,13,14,15);1-6H;1-6H;1-7H;2*1-6H;1-4H,5-6H2. The Labute approximate surface area is 797 Å². The highest BCUT2D eigenvalue weighted by Crippen LogP contribution is 2.35. The molecule has 23 aromatic rings. The predicted octanol–water partition coefficient (Wildman–Crippen LogP) is 24.1. The van der Waals surface area contributed by atoms with E-state index in [1.807, 2.05) is 139 Å². The number of furan rings is 2. The van der Waals surface area contributed by atoms with Gasteiger partial charge in [-0.05, 0) is 202 Å². The van der Waals surface area contributed by atoms with Crippen LogP contribution in [0, 0.1) is 5.41 Å². The second-order valence-electron chi connectivity index (χ2n) is 33.3. The number of carbonyl (C=O) groups is 6. The van der Waals surface area contributed by atoms with Gasteiger partial charge in [0.25, 0.3) is 23.4 Å². The molecule has 6 aromatic heterocycles. The number of Topliss-reactive ketones (excluding diaryl/α,β-unsaturated/α-hetero) is 2. The van der Waals surface area contributed by atoms with E-state index in [9.17, 15) is 43.2 Å². The van der Waals surface area contributed by atoms with Crippen LogP contribution in [0.1, 0.15) is 95.5 Å². The van der Waals surface area contributed by atoms with Gasteiger partial charge in [0.15, 0.2) is 11.3 Å². The summed E-state index contributed by atoms with van der Waals surface area (Å²) in [7, 11) is 0. The molecule has 0 unspecified atom stereocenters. The Kier molecular flexibility index (Phi) is 23.8. The van der Waals surface area contributed by atoms with Gasteiger partial charge in [-0.3, -0.25) is 44.1 Å². The lowest BCUT2D eigenvalue weighted by Crippen LogP contribution is -2.19. The van der Waals surface area contributed by atoms with Gasteiger partial charge in [0.1, 0.15) is 34.8 Å². The van der Waals surface area contributed by atoms with Gasteiger partial charge in [-0.15, -0.1) is 11.3 Å². The molecular weight excluding hydrogens is 1780 g/mol. The van der Waals surface area contributed by atoms with Crippen LogP contribution in [-0.4, -0.2) is 68.1 Å². The molecular formula is C117H75N7O15S.